The summed E-state index contributed by atoms with van der Waals surface area (Å²) in [5.74, 6) is 2.23. The molecule has 3 heteroatoms. The molecule has 0 aromatic carbocycles. The van der Waals surface area contributed by atoms with Crippen LogP contribution in [0.5, 0.6) is 0 Å². The Morgan fingerprint density at radius 2 is 2.07 bits per heavy atom. The molecule has 1 aromatic heterocycles. The lowest BCUT2D eigenvalue weighted by Crippen LogP contribution is -2.04. The Morgan fingerprint density at radius 1 is 1.40 bits per heavy atom. The van der Waals surface area contributed by atoms with Crippen LogP contribution in [0.25, 0.3) is 0 Å². The number of aromatic nitrogens is 2. The lowest BCUT2D eigenvalue weighted by atomic mass is 10.1. The minimum absolute atomic E-state index is 0.495. The van der Waals surface area contributed by atoms with Gasteiger partial charge in [-0.2, -0.15) is 0 Å². The van der Waals surface area contributed by atoms with Gasteiger partial charge in [-0.3, -0.25) is 0 Å². The van der Waals surface area contributed by atoms with Crippen molar-refractivity contribution >= 4 is 12.2 Å². The molecule has 1 aliphatic rings. The minimum Gasteiger partial charge on any atom is -0.347 e. The van der Waals surface area contributed by atoms with Crippen LogP contribution in [0.15, 0.2) is 6.07 Å². The summed E-state index contributed by atoms with van der Waals surface area (Å²) in [6.45, 7) is 4.36. The highest BCUT2D eigenvalue weighted by Gasteiger charge is 2.19. The molecule has 1 saturated carbocycles. The quantitative estimate of drug-likeness (QED) is 0.768. The van der Waals surface area contributed by atoms with Gasteiger partial charge in [-0.15, -0.1) is 0 Å². The van der Waals surface area contributed by atoms with Crippen molar-refractivity contribution in [2.24, 2.45) is 0 Å². The fraction of sp³-hybridized carbons (Fsp3) is 0.667. The summed E-state index contributed by atoms with van der Waals surface area (Å²) >= 11 is 5.21. The molecular formula is C12H18N2S. The Bertz CT molecular complexity index is 389. The van der Waals surface area contributed by atoms with Crippen LogP contribution in [-0.4, -0.2) is 9.97 Å². The van der Waals surface area contributed by atoms with Crippen molar-refractivity contribution in [1.82, 2.24) is 9.97 Å². The molecular weight excluding hydrogens is 204 g/mol. The fourth-order valence-corrected chi connectivity index (χ4v) is 2.42. The van der Waals surface area contributed by atoms with Crippen molar-refractivity contribution in [1.29, 1.82) is 0 Å². The maximum Gasteiger partial charge on any atom is 0.130 e. The smallest absolute Gasteiger partial charge is 0.130 e. The van der Waals surface area contributed by atoms with Crippen LogP contribution < -0.4 is 0 Å². The highest BCUT2D eigenvalue weighted by atomic mass is 32.1. The first-order valence-electron chi connectivity index (χ1n) is 5.78. The van der Waals surface area contributed by atoms with Gasteiger partial charge >= 0.3 is 0 Å². The van der Waals surface area contributed by atoms with Gasteiger partial charge in [-0.25, -0.2) is 4.98 Å². The number of nitrogens with one attached hydrogen (secondary N) is 1. The number of hydrogen-bond donors (Lipinski definition) is 1. The van der Waals surface area contributed by atoms with Crippen LogP contribution in [0.1, 0.15) is 62.9 Å². The highest BCUT2D eigenvalue weighted by molar-refractivity contribution is 7.71. The van der Waals surface area contributed by atoms with E-state index in [1.165, 1.54) is 31.4 Å². The van der Waals surface area contributed by atoms with E-state index >= 15 is 0 Å². The molecule has 0 radical (unpaired) electrons. The maximum atomic E-state index is 5.21. The van der Waals surface area contributed by atoms with E-state index in [-0.39, 0.29) is 0 Å². The van der Waals surface area contributed by atoms with Gasteiger partial charge in [0, 0.05) is 11.6 Å². The third-order valence-corrected chi connectivity index (χ3v) is 3.36. The molecule has 1 fully saturated rings. The number of aromatic amines is 1. The summed E-state index contributed by atoms with van der Waals surface area (Å²) in [7, 11) is 0. The average Bonchev–Trinajstić information content (AvgIpc) is 2.69. The molecule has 1 aliphatic carbocycles. The summed E-state index contributed by atoms with van der Waals surface area (Å²) in [4.78, 5) is 7.91. The van der Waals surface area contributed by atoms with Gasteiger partial charge in [0.1, 0.15) is 10.5 Å². The Morgan fingerprint density at radius 3 is 2.67 bits per heavy atom. The molecule has 0 aliphatic heterocycles. The first-order valence-corrected chi connectivity index (χ1v) is 6.19. The third-order valence-electron chi connectivity index (χ3n) is 3.15. The van der Waals surface area contributed by atoms with Gasteiger partial charge in [0.15, 0.2) is 0 Å². The molecule has 1 heterocycles. The molecule has 2 nitrogen and oxygen atoms in total. The minimum atomic E-state index is 0.495. The van der Waals surface area contributed by atoms with E-state index in [1.54, 1.807) is 0 Å². The van der Waals surface area contributed by atoms with E-state index in [2.05, 4.69) is 23.8 Å². The van der Waals surface area contributed by atoms with Crippen molar-refractivity contribution in [3.8, 4) is 0 Å². The molecule has 15 heavy (non-hydrogen) atoms. The Labute approximate surface area is 96.1 Å². The molecule has 0 amide bonds. The van der Waals surface area contributed by atoms with Gasteiger partial charge < -0.3 is 4.98 Å². The molecule has 0 bridgehead atoms. The van der Waals surface area contributed by atoms with Crippen molar-refractivity contribution < 1.29 is 0 Å². The third kappa shape index (κ3) is 2.46. The zero-order valence-electron chi connectivity index (χ0n) is 9.42. The second kappa shape index (κ2) is 4.44. The van der Waals surface area contributed by atoms with E-state index < -0.39 is 0 Å². The second-order valence-electron chi connectivity index (χ2n) is 4.70. The summed E-state index contributed by atoms with van der Waals surface area (Å²) in [6.07, 6.45) is 5.19. The largest absolute Gasteiger partial charge is 0.347 e. The zero-order valence-corrected chi connectivity index (χ0v) is 10.2. The van der Waals surface area contributed by atoms with E-state index in [0.29, 0.717) is 11.8 Å². The molecule has 1 N–H and O–H groups in total. The summed E-state index contributed by atoms with van der Waals surface area (Å²) in [5, 5.41) is 0. The number of H-pyrrole nitrogens is 1. The van der Waals surface area contributed by atoms with Gasteiger partial charge in [0.25, 0.3) is 0 Å². The van der Waals surface area contributed by atoms with Crippen LogP contribution >= 0.6 is 12.2 Å². The molecule has 2 rings (SSSR count). The van der Waals surface area contributed by atoms with Crippen LogP contribution in [0.2, 0.25) is 0 Å². The summed E-state index contributed by atoms with van der Waals surface area (Å²) < 4.78 is 0.736. The standard InChI is InChI=1S/C12H18N2S/c1-8(2)10-7-11(15)14-12(13-10)9-5-3-4-6-9/h7-9H,3-6H2,1-2H3,(H,13,14,15). The van der Waals surface area contributed by atoms with Crippen LogP contribution in [0.3, 0.4) is 0 Å². The van der Waals surface area contributed by atoms with Crippen LogP contribution in [-0.2, 0) is 0 Å². The number of nitrogens with zero attached hydrogens (tertiary/aromatic N) is 1. The van der Waals surface area contributed by atoms with Crippen LogP contribution in [0, 0.1) is 4.64 Å². The molecule has 82 valence electrons. The second-order valence-corrected chi connectivity index (χ2v) is 5.11. The first-order chi connectivity index (χ1) is 7.16. The Kier molecular flexibility index (Phi) is 3.19. The SMILES string of the molecule is CC(C)c1cc(=S)nc(C2CCCC2)[nH]1. The summed E-state index contributed by atoms with van der Waals surface area (Å²) in [5.41, 5.74) is 1.22. The fourth-order valence-electron chi connectivity index (χ4n) is 2.20. The molecule has 1 aromatic rings. The van der Waals surface area contributed by atoms with E-state index in [9.17, 15) is 0 Å². The van der Waals surface area contributed by atoms with Gasteiger partial charge in [-0.1, -0.05) is 38.9 Å². The highest BCUT2D eigenvalue weighted by Crippen LogP contribution is 2.32. The lowest BCUT2D eigenvalue weighted by Gasteiger charge is -2.12. The van der Waals surface area contributed by atoms with Gasteiger partial charge in [-0.05, 0) is 24.8 Å². The maximum absolute atomic E-state index is 5.21. The summed E-state index contributed by atoms with van der Waals surface area (Å²) in [6, 6.07) is 1.98. The van der Waals surface area contributed by atoms with Crippen LogP contribution in [0.4, 0.5) is 0 Å². The first kappa shape index (κ1) is 10.8. The predicted molar refractivity (Wildman–Crippen MR) is 64.7 cm³/mol. The van der Waals surface area contributed by atoms with E-state index in [0.717, 1.165) is 10.5 Å². The van der Waals surface area contributed by atoms with Crippen molar-refractivity contribution in [2.75, 3.05) is 0 Å². The predicted octanol–water partition coefficient (Wildman–Crippen LogP) is 3.92. The Hall–Kier alpha value is -0.700. The number of hydrogen-bond acceptors (Lipinski definition) is 2. The van der Waals surface area contributed by atoms with Crippen molar-refractivity contribution in [2.45, 2.75) is 51.4 Å². The monoisotopic (exact) mass is 222 g/mol. The number of rotatable bonds is 2. The molecule has 0 spiro atoms. The molecule has 0 unspecified atom stereocenters. The topological polar surface area (TPSA) is 28.7 Å². The van der Waals surface area contributed by atoms with Gasteiger partial charge in [0.2, 0.25) is 0 Å². The normalized spacial score (nSPS) is 17.5. The average molecular weight is 222 g/mol. The zero-order chi connectivity index (χ0) is 10.8. The lowest BCUT2D eigenvalue weighted by molar-refractivity contribution is 0.650. The van der Waals surface area contributed by atoms with Crippen molar-refractivity contribution in [3.63, 3.8) is 0 Å². The van der Waals surface area contributed by atoms with E-state index in [4.69, 9.17) is 12.2 Å². The molecule has 0 saturated heterocycles. The van der Waals surface area contributed by atoms with Gasteiger partial charge in [0.05, 0.1) is 0 Å². The Balaban J connectivity index is 2.34. The van der Waals surface area contributed by atoms with Crippen molar-refractivity contribution in [3.05, 3.63) is 22.2 Å². The van der Waals surface area contributed by atoms with E-state index in [1.807, 2.05) is 6.07 Å². The molecule has 0 atom stereocenters.